The number of rotatable bonds is 1. The molecule has 1 aliphatic heterocycles. The van der Waals surface area contributed by atoms with Crippen LogP contribution in [0.3, 0.4) is 0 Å². The predicted octanol–water partition coefficient (Wildman–Crippen LogP) is 1.26. The fourth-order valence-corrected chi connectivity index (χ4v) is 2.59. The second-order valence-electron chi connectivity index (χ2n) is 5.40. The average Bonchev–Trinajstić information content (AvgIpc) is 1.79. The molecule has 2 N–H and O–H groups in total. The SMILES string of the molecule is COC1(O)CC(C)(C)NC(C)(C)C1.[Y]. The Labute approximate surface area is 112 Å². The average molecular weight is 276 g/mol. The maximum atomic E-state index is 10.1. The van der Waals surface area contributed by atoms with E-state index < -0.39 is 5.79 Å². The molecule has 0 aromatic heterocycles. The van der Waals surface area contributed by atoms with Crippen LogP contribution in [0.4, 0.5) is 0 Å². The van der Waals surface area contributed by atoms with E-state index in [1.807, 2.05) is 0 Å². The molecule has 0 aromatic rings. The molecule has 0 saturated carbocycles. The van der Waals surface area contributed by atoms with E-state index in [2.05, 4.69) is 33.0 Å². The molecule has 14 heavy (non-hydrogen) atoms. The van der Waals surface area contributed by atoms with Crippen LogP contribution in [0.15, 0.2) is 0 Å². The van der Waals surface area contributed by atoms with Crippen LogP contribution >= 0.6 is 0 Å². The van der Waals surface area contributed by atoms with Gasteiger partial charge >= 0.3 is 0 Å². The molecular formula is C10H21NO2Y. The van der Waals surface area contributed by atoms with Crippen molar-refractivity contribution in [2.24, 2.45) is 0 Å². The summed E-state index contributed by atoms with van der Waals surface area (Å²) in [6.45, 7) is 8.32. The Hall–Kier alpha value is 0.984. The number of nitrogens with one attached hydrogen (secondary N) is 1. The minimum absolute atomic E-state index is 0. The number of hydrogen-bond acceptors (Lipinski definition) is 3. The molecule has 0 spiro atoms. The van der Waals surface area contributed by atoms with Gasteiger partial charge < -0.3 is 15.2 Å². The van der Waals surface area contributed by atoms with Crippen molar-refractivity contribution in [1.82, 2.24) is 5.32 Å². The Morgan fingerprint density at radius 3 is 1.71 bits per heavy atom. The van der Waals surface area contributed by atoms with Gasteiger partial charge in [-0.1, -0.05) is 0 Å². The minimum Gasteiger partial charge on any atom is -0.365 e. The third-order valence-electron chi connectivity index (χ3n) is 2.49. The van der Waals surface area contributed by atoms with E-state index in [0.29, 0.717) is 12.8 Å². The third-order valence-corrected chi connectivity index (χ3v) is 2.49. The molecule has 0 aromatic carbocycles. The molecule has 0 atom stereocenters. The van der Waals surface area contributed by atoms with E-state index in [9.17, 15) is 5.11 Å². The van der Waals surface area contributed by atoms with Gasteiger partial charge in [0.2, 0.25) is 0 Å². The summed E-state index contributed by atoms with van der Waals surface area (Å²) < 4.78 is 5.17. The summed E-state index contributed by atoms with van der Waals surface area (Å²) in [7, 11) is 1.57. The summed E-state index contributed by atoms with van der Waals surface area (Å²) in [5.74, 6) is -0.974. The van der Waals surface area contributed by atoms with Crippen LogP contribution in [0, 0.1) is 0 Å². The maximum Gasteiger partial charge on any atom is 0.168 e. The molecular weight excluding hydrogens is 255 g/mol. The number of hydrogen-bond donors (Lipinski definition) is 2. The molecule has 1 saturated heterocycles. The van der Waals surface area contributed by atoms with Crippen LogP contribution in [-0.4, -0.2) is 29.1 Å². The van der Waals surface area contributed by atoms with E-state index in [1.54, 1.807) is 7.11 Å². The van der Waals surface area contributed by atoms with Gasteiger partial charge in [0.25, 0.3) is 0 Å². The summed E-state index contributed by atoms with van der Waals surface area (Å²) >= 11 is 0. The second-order valence-corrected chi connectivity index (χ2v) is 5.40. The van der Waals surface area contributed by atoms with Crippen LogP contribution in [-0.2, 0) is 37.4 Å². The minimum atomic E-state index is -0.974. The van der Waals surface area contributed by atoms with E-state index >= 15 is 0 Å². The third kappa shape index (κ3) is 3.86. The van der Waals surface area contributed by atoms with Crippen LogP contribution in [0.2, 0.25) is 0 Å². The van der Waals surface area contributed by atoms with Crippen LogP contribution < -0.4 is 5.32 Å². The molecule has 1 fully saturated rings. The monoisotopic (exact) mass is 276 g/mol. The van der Waals surface area contributed by atoms with Gasteiger partial charge in [-0.25, -0.2) is 0 Å². The Morgan fingerprint density at radius 2 is 1.43 bits per heavy atom. The van der Waals surface area contributed by atoms with Gasteiger partial charge in [-0.05, 0) is 27.7 Å². The summed E-state index contributed by atoms with van der Waals surface area (Å²) in [5.41, 5.74) is -0.154. The van der Waals surface area contributed by atoms with Crippen molar-refractivity contribution >= 4 is 0 Å². The summed E-state index contributed by atoms with van der Waals surface area (Å²) in [6, 6.07) is 0. The van der Waals surface area contributed by atoms with Crippen molar-refractivity contribution in [3.63, 3.8) is 0 Å². The molecule has 1 rings (SSSR count). The number of aliphatic hydroxyl groups is 1. The molecule has 4 heteroatoms. The van der Waals surface area contributed by atoms with E-state index in [-0.39, 0.29) is 43.8 Å². The van der Waals surface area contributed by atoms with Crippen LogP contribution in [0.25, 0.3) is 0 Å². The summed E-state index contributed by atoms with van der Waals surface area (Å²) in [6.07, 6.45) is 1.25. The molecule has 0 aliphatic carbocycles. The molecule has 81 valence electrons. The van der Waals surface area contributed by atoms with Crippen molar-refractivity contribution in [2.45, 2.75) is 57.4 Å². The topological polar surface area (TPSA) is 41.5 Å². The zero-order valence-electron chi connectivity index (χ0n) is 9.85. The zero-order valence-corrected chi connectivity index (χ0v) is 12.7. The zero-order chi connectivity index (χ0) is 10.3. The van der Waals surface area contributed by atoms with Crippen LogP contribution in [0.5, 0.6) is 0 Å². The Bertz CT molecular complexity index is 188. The summed E-state index contributed by atoms with van der Waals surface area (Å²) in [4.78, 5) is 0. The standard InChI is InChI=1S/C10H21NO2.Y/c1-8(2)6-10(12,13-5)7-9(3,4)11-8;/h11-12H,6-7H2,1-5H3;. The first-order valence-electron chi connectivity index (χ1n) is 4.75. The fraction of sp³-hybridized carbons (Fsp3) is 1.00. The smallest absolute Gasteiger partial charge is 0.168 e. The molecule has 1 heterocycles. The molecule has 0 amide bonds. The number of piperidine rings is 1. The van der Waals surface area contributed by atoms with E-state index in [1.165, 1.54) is 0 Å². The van der Waals surface area contributed by atoms with Crippen molar-refractivity contribution < 1.29 is 42.6 Å². The number of methoxy groups -OCH3 is 1. The molecule has 0 unspecified atom stereocenters. The van der Waals surface area contributed by atoms with Crippen molar-refractivity contribution in [3.05, 3.63) is 0 Å². The Balaban J connectivity index is 0.00000169. The van der Waals surface area contributed by atoms with Gasteiger partial charge in [0.05, 0.1) is 0 Å². The molecule has 1 aliphatic rings. The van der Waals surface area contributed by atoms with Crippen molar-refractivity contribution in [3.8, 4) is 0 Å². The van der Waals surface area contributed by atoms with Gasteiger partial charge in [0, 0.05) is 63.7 Å². The fourth-order valence-electron chi connectivity index (χ4n) is 2.59. The maximum absolute atomic E-state index is 10.1. The second kappa shape index (κ2) is 4.46. The predicted molar refractivity (Wildman–Crippen MR) is 52.5 cm³/mol. The Kier molecular flexibility index (Phi) is 4.78. The molecule has 0 bridgehead atoms. The first-order chi connectivity index (χ1) is 5.68. The first-order valence-corrected chi connectivity index (χ1v) is 4.75. The Morgan fingerprint density at radius 1 is 1.07 bits per heavy atom. The van der Waals surface area contributed by atoms with E-state index in [4.69, 9.17) is 4.74 Å². The van der Waals surface area contributed by atoms with Crippen LogP contribution in [0.1, 0.15) is 40.5 Å². The largest absolute Gasteiger partial charge is 0.365 e. The summed E-state index contributed by atoms with van der Waals surface area (Å²) in [5, 5.41) is 13.6. The van der Waals surface area contributed by atoms with Gasteiger partial charge in [-0.2, -0.15) is 0 Å². The normalized spacial score (nSPS) is 27.9. The van der Waals surface area contributed by atoms with Gasteiger partial charge in [-0.15, -0.1) is 0 Å². The van der Waals surface area contributed by atoms with E-state index in [0.717, 1.165) is 0 Å². The quantitative estimate of drug-likeness (QED) is 0.708. The first kappa shape index (κ1) is 15.0. The van der Waals surface area contributed by atoms with Crippen molar-refractivity contribution in [1.29, 1.82) is 0 Å². The van der Waals surface area contributed by atoms with Gasteiger partial charge in [0.1, 0.15) is 0 Å². The molecule has 3 nitrogen and oxygen atoms in total. The van der Waals surface area contributed by atoms with Gasteiger partial charge in [-0.3, -0.25) is 0 Å². The molecule has 1 radical (unpaired) electrons. The number of ether oxygens (including phenoxy) is 1. The van der Waals surface area contributed by atoms with Gasteiger partial charge in [0.15, 0.2) is 5.79 Å². The van der Waals surface area contributed by atoms with Crippen molar-refractivity contribution in [2.75, 3.05) is 7.11 Å².